The van der Waals surface area contributed by atoms with E-state index in [-0.39, 0.29) is 5.91 Å². The summed E-state index contributed by atoms with van der Waals surface area (Å²) in [6, 6.07) is 7.46. The highest BCUT2D eigenvalue weighted by Crippen LogP contribution is 2.29. The fourth-order valence-electron chi connectivity index (χ4n) is 2.79. The molecule has 1 amide bonds. The van der Waals surface area contributed by atoms with Gasteiger partial charge in [-0.2, -0.15) is 0 Å². The normalized spacial score (nSPS) is 14.5. The molecule has 0 aliphatic carbocycles. The minimum atomic E-state index is -0.0122. The third-order valence-electron chi connectivity index (χ3n) is 4.39. The molecule has 1 aromatic heterocycles. The molecule has 3 rings (SSSR count). The van der Waals surface area contributed by atoms with Gasteiger partial charge in [0.25, 0.3) is 5.91 Å². The first-order chi connectivity index (χ1) is 11.5. The van der Waals surface area contributed by atoms with Crippen molar-refractivity contribution in [3.8, 4) is 11.6 Å². The highest BCUT2D eigenvalue weighted by atomic mass is 35.5. The third-order valence-corrected chi connectivity index (χ3v) is 4.66. The van der Waals surface area contributed by atoms with Crippen molar-refractivity contribution in [2.45, 2.75) is 33.1 Å². The van der Waals surface area contributed by atoms with E-state index in [9.17, 15) is 4.79 Å². The van der Waals surface area contributed by atoms with Crippen molar-refractivity contribution in [1.29, 1.82) is 0 Å². The molecule has 4 nitrogen and oxygen atoms in total. The van der Waals surface area contributed by atoms with Gasteiger partial charge >= 0.3 is 0 Å². The zero-order valence-electron chi connectivity index (χ0n) is 14.0. The number of hydrogen-bond acceptors (Lipinski definition) is 3. The van der Waals surface area contributed by atoms with Crippen molar-refractivity contribution >= 4 is 17.5 Å². The topological polar surface area (TPSA) is 42.4 Å². The predicted octanol–water partition coefficient (Wildman–Crippen LogP) is 4.77. The van der Waals surface area contributed by atoms with Crippen molar-refractivity contribution in [2.24, 2.45) is 0 Å². The van der Waals surface area contributed by atoms with Crippen molar-refractivity contribution < 1.29 is 9.53 Å². The SMILES string of the molecule is Cc1ccc(Oc2ncc(C(=O)N3CCCCC3)cc2Cl)cc1C. The summed E-state index contributed by atoms with van der Waals surface area (Å²) >= 11 is 6.28. The van der Waals surface area contributed by atoms with Gasteiger partial charge in [0.05, 0.1) is 5.56 Å². The summed E-state index contributed by atoms with van der Waals surface area (Å²) < 4.78 is 5.76. The third kappa shape index (κ3) is 3.70. The first kappa shape index (κ1) is 16.8. The van der Waals surface area contributed by atoms with Gasteiger partial charge in [-0.15, -0.1) is 0 Å². The number of ether oxygens (including phenoxy) is 1. The number of pyridine rings is 1. The van der Waals surface area contributed by atoms with Crippen LogP contribution in [0.15, 0.2) is 30.5 Å². The molecule has 0 N–H and O–H groups in total. The van der Waals surface area contributed by atoms with Gasteiger partial charge in [0, 0.05) is 19.3 Å². The number of rotatable bonds is 3. The Bertz CT molecular complexity index is 755. The van der Waals surface area contributed by atoms with Crippen LogP contribution in [0.1, 0.15) is 40.7 Å². The number of benzene rings is 1. The largest absolute Gasteiger partial charge is 0.438 e. The molecule has 1 saturated heterocycles. The monoisotopic (exact) mass is 344 g/mol. The molecule has 1 aromatic carbocycles. The standard InChI is InChI=1S/C19H21ClN2O2/c1-13-6-7-16(10-14(13)2)24-18-17(20)11-15(12-21-18)19(23)22-8-4-3-5-9-22/h6-7,10-12H,3-5,8-9H2,1-2H3. The first-order valence-corrected chi connectivity index (χ1v) is 8.62. The van der Waals surface area contributed by atoms with E-state index in [4.69, 9.17) is 16.3 Å². The highest BCUT2D eigenvalue weighted by Gasteiger charge is 2.19. The van der Waals surface area contributed by atoms with Crippen molar-refractivity contribution in [3.05, 3.63) is 52.2 Å². The number of aryl methyl sites for hydroxylation is 2. The van der Waals surface area contributed by atoms with Crippen molar-refractivity contribution in [2.75, 3.05) is 13.1 Å². The molecule has 1 aliphatic rings. The first-order valence-electron chi connectivity index (χ1n) is 8.24. The molecular formula is C19H21ClN2O2. The molecule has 0 atom stereocenters. The van der Waals surface area contributed by atoms with Crippen LogP contribution in [-0.2, 0) is 0 Å². The summed E-state index contributed by atoms with van der Waals surface area (Å²) in [7, 11) is 0. The van der Waals surface area contributed by atoms with Crippen LogP contribution in [-0.4, -0.2) is 28.9 Å². The molecule has 0 spiro atoms. The second-order valence-corrected chi connectivity index (χ2v) is 6.62. The molecule has 24 heavy (non-hydrogen) atoms. The summed E-state index contributed by atoms with van der Waals surface area (Å²) in [6.07, 6.45) is 4.84. The number of carbonyl (C=O) groups excluding carboxylic acids is 1. The maximum absolute atomic E-state index is 12.5. The number of amides is 1. The average molecular weight is 345 g/mol. The van der Waals surface area contributed by atoms with E-state index < -0.39 is 0 Å². The molecular weight excluding hydrogens is 324 g/mol. The van der Waals surface area contributed by atoms with Crippen molar-refractivity contribution in [3.63, 3.8) is 0 Å². The van der Waals surface area contributed by atoms with E-state index in [1.54, 1.807) is 12.3 Å². The maximum atomic E-state index is 12.5. The van der Waals surface area contributed by atoms with Gasteiger partial charge in [-0.3, -0.25) is 4.79 Å². The van der Waals surface area contributed by atoms with E-state index in [0.717, 1.165) is 31.5 Å². The number of nitrogens with zero attached hydrogens (tertiary/aromatic N) is 2. The molecule has 1 fully saturated rings. The molecule has 0 radical (unpaired) electrons. The quantitative estimate of drug-likeness (QED) is 0.805. The molecule has 1 aliphatic heterocycles. The lowest BCUT2D eigenvalue weighted by molar-refractivity contribution is 0.0724. The Hall–Kier alpha value is -2.07. The summed E-state index contributed by atoms with van der Waals surface area (Å²) in [5, 5.41) is 0.344. The maximum Gasteiger partial charge on any atom is 0.255 e. The van der Waals surface area contributed by atoms with Crippen LogP contribution in [0.25, 0.3) is 0 Å². The minimum Gasteiger partial charge on any atom is -0.438 e. The second kappa shape index (κ2) is 7.22. The molecule has 0 bridgehead atoms. The second-order valence-electron chi connectivity index (χ2n) is 6.21. The number of hydrogen-bond donors (Lipinski definition) is 0. The number of carbonyl (C=O) groups is 1. The molecule has 2 aromatic rings. The van der Waals surface area contributed by atoms with E-state index in [1.165, 1.54) is 12.0 Å². The Balaban J connectivity index is 1.76. The molecule has 126 valence electrons. The van der Waals surface area contributed by atoms with Crippen LogP contribution >= 0.6 is 11.6 Å². The van der Waals surface area contributed by atoms with Gasteiger partial charge in [0.15, 0.2) is 0 Å². The zero-order valence-corrected chi connectivity index (χ0v) is 14.8. The number of likely N-dealkylation sites (tertiary alicyclic amines) is 1. The van der Waals surface area contributed by atoms with Crippen LogP contribution in [0.3, 0.4) is 0 Å². The van der Waals surface area contributed by atoms with E-state index >= 15 is 0 Å². The summed E-state index contributed by atoms with van der Waals surface area (Å²) in [5.74, 6) is 0.986. The fraction of sp³-hybridized carbons (Fsp3) is 0.368. The average Bonchev–Trinajstić information content (AvgIpc) is 2.60. The van der Waals surface area contributed by atoms with Crippen LogP contribution in [0, 0.1) is 13.8 Å². The van der Waals surface area contributed by atoms with Crippen molar-refractivity contribution in [1.82, 2.24) is 9.88 Å². The van der Waals surface area contributed by atoms with Gasteiger partial charge in [0.1, 0.15) is 10.8 Å². The Labute approximate surface area is 147 Å². The van der Waals surface area contributed by atoms with Crippen LogP contribution in [0.2, 0.25) is 5.02 Å². The van der Waals surface area contributed by atoms with Gasteiger partial charge in [0.2, 0.25) is 5.88 Å². The van der Waals surface area contributed by atoms with Gasteiger partial charge in [-0.25, -0.2) is 4.98 Å². The lowest BCUT2D eigenvalue weighted by Crippen LogP contribution is -2.35. The minimum absolute atomic E-state index is 0.0122. The number of halogens is 1. The Kier molecular flexibility index (Phi) is 5.05. The highest BCUT2D eigenvalue weighted by molar-refractivity contribution is 6.32. The fourth-order valence-corrected chi connectivity index (χ4v) is 2.99. The Morgan fingerprint density at radius 3 is 2.54 bits per heavy atom. The summed E-state index contributed by atoms with van der Waals surface area (Å²) in [6.45, 7) is 5.68. The molecule has 0 unspecified atom stereocenters. The van der Waals surface area contributed by atoms with Crippen LogP contribution in [0.4, 0.5) is 0 Å². The molecule has 0 saturated carbocycles. The van der Waals surface area contributed by atoms with Gasteiger partial charge < -0.3 is 9.64 Å². The Morgan fingerprint density at radius 1 is 1.12 bits per heavy atom. The zero-order chi connectivity index (χ0) is 17.1. The lowest BCUT2D eigenvalue weighted by atomic mass is 10.1. The van der Waals surface area contributed by atoms with Crippen LogP contribution in [0.5, 0.6) is 11.6 Å². The summed E-state index contributed by atoms with van der Waals surface area (Å²) in [5.41, 5.74) is 2.85. The van der Waals surface area contributed by atoms with E-state index in [0.29, 0.717) is 22.2 Å². The summed E-state index contributed by atoms with van der Waals surface area (Å²) in [4.78, 5) is 18.6. The smallest absolute Gasteiger partial charge is 0.255 e. The Morgan fingerprint density at radius 2 is 1.88 bits per heavy atom. The van der Waals surface area contributed by atoms with Crippen LogP contribution < -0.4 is 4.74 Å². The lowest BCUT2D eigenvalue weighted by Gasteiger charge is -2.26. The van der Waals surface area contributed by atoms with Gasteiger partial charge in [-0.1, -0.05) is 17.7 Å². The van der Waals surface area contributed by atoms with E-state index in [1.807, 2.05) is 36.9 Å². The van der Waals surface area contributed by atoms with E-state index in [2.05, 4.69) is 4.98 Å². The molecule has 5 heteroatoms. The number of piperidine rings is 1. The van der Waals surface area contributed by atoms with Gasteiger partial charge in [-0.05, 0) is 62.4 Å². The predicted molar refractivity (Wildman–Crippen MR) is 95.0 cm³/mol. The molecule has 2 heterocycles. The number of aromatic nitrogens is 1.